The Morgan fingerprint density at radius 2 is 1.76 bits per heavy atom. The van der Waals surface area contributed by atoms with E-state index in [-0.39, 0.29) is 0 Å². The molecule has 4 nitrogen and oxygen atoms in total. The minimum Gasteiger partial charge on any atom is -0.419 e. The van der Waals surface area contributed by atoms with Gasteiger partial charge in [0.2, 0.25) is 11.8 Å². The molecule has 0 saturated carbocycles. The Kier molecular flexibility index (Phi) is 3.54. The summed E-state index contributed by atoms with van der Waals surface area (Å²) >= 11 is 0. The molecule has 0 aliphatic carbocycles. The van der Waals surface area contributed by atoms with Gasteiger partial charge >= 0.3 is 0 Å². The monoisotopic (exact) mass is 279 g/mol. The number of rotatable bonds is 3. The normalized spacial score (nSPS) is 12.3. The summed E-state index contributed by atoms with van der Waals surface area (Å²) in [6.45, 7) is 4.06. The minimum atomic E-state index is -0.405. The van der Waals surface area contributed by atoms with Crippen molar-refractivity contribution in [1.82, 2.24) is 10.2 Å². The van der Waals surface area contributed by atoms with Crippen LogP contribution in [0.5, 0.6) is 0 Å². The third kappa shape index (κ3) is 2.71. The van der Waals surface area contributed by atoms with Crippen molar-refractivity contribution in [2.75, 3.05) is 0 Å². The van der Waals surface area contributed by atoms with Gasteiger partial charge in [-0.15, -0.1) is 10.2 Å². The maximum absolute atomic E-state index is 6.18. The van der Waals surface area contributed by atoms with Crippen LogP contribution in [0.4, 0.5) is 0 Å². The molecule has 0 aliphatic heterocycles. The fourth-order valence-corrected chi connectivity index (χ4v) is 2.24. The van der Waals surface area contributed by atoms with E-state index in [1.807, 2.05) is 56.3 Å². The van der Waals surface area contributed by atoms with Gasteiger partial charge in [0.1, 0.15) is 6.04 Å². The molecule has 0 saturated heterocycles. The van der Waals surface area contributed by atoms with Crippen LogP contribution in [0, 0.1) is 13.8 Å². The van der Waals surface area contributed by atoms with Gasteiger partial charge in [0.25, 0.3) is 0 Å². The van der Waals surface area contributed by atoms with E-state index in [1.54, 1.807) is 0 Å². The maximum atomic E-state index is 6.18. The van der Waals surface area contributed by atoms with Crippen molar-refractivity contribution in [3.05, 3.63) is 71.1 Å². The van der Waals surface area contributed by atoms with Gasteiger partial charge in [-0.1, -0.05) is 48.0 Å². The summed E-state index contributed by atoms with van der Waals surface area (Å²) in [6.07, 6.45) is 0. The van der Waals surface area contributed by atoms with Gasteiger partial charge in [-0.2, -0.15) is 0 Å². The number of nitrogens with zero attached hydrogens (tertiary/aromatic N) is 2. The van der Waals surface area contributed by atoms with Crippen LogP contribution in [-0.2, 0) is 0 Å². The molecular formula is C17H17N3O. The van der Waals surface area contributed by atoms with Crippen LogP contribution < -0.4 is 5.73 Å². The predicted molar refractivity (Wildman–Crippen MR) is 81.7 cm³/mol. The molecule has 1 heterocycles. The Labute approximate surface area is 123 Å². The predicted octanol–water partition coefficient (Wildman–Crippen LogP) is 3.40. The molecule has 4 heteroatoms. The van der Waals surface area contributed by atoms with Gasteiger partial charge in [0.05, 0.1) is 0 Å². The van der Waals surface area contributed by atoms with Gasteiger partial charge < -0.3 is 10.2 Å². The van der Waals surface area contributed by atoms with E-state index in [0.717, 1.165) is 22.3 Å². The lowest BCUT2D eigenvalue weighted by molar-refractivity contribution is 0.484. The summed E-state index contributed by atoms with van der Waals surface area (Å²) < 4.78 is 5.77. The zero-order valence-corrected chi connectivity index (χ0v) is 12.1. The molecule has 2 aromatic carbocycles. The summed E-state index contributed by atoms with van der Waals surface area (Å²) in [7, 11) is 0. The van der Waals surface area contributed by atoms with E-state index in [4.69, 9.17) is 10.2 Å². The van der Waals surface area contributed by atoms with Crippen molar-refractivity contribution in [3.8, 4) is 11.5 Å². The summed E-state index contributed by atoms with van der Waals surface area (Å²) in [5.41, 5.74) is 10.3. The van der Waals surface area contributed by atoms with Gasteiger partial charge in [-0.05, 0) is 31.0 Å². The summed E-state index contributed by atoms with van der Waals surface area (Å²) in [4.78, 5) is 0. The lowest BCUT2D eigenvalue weighted by Gasteiger charge is -2.06. The molecule has 0 amide bonds. The van der Waals surface area contributed by atoms with Crippen LogP contribution >= 0.6 is 0 Å². The summed E-state index contributed by atoms with van der Waals surface area (Å²) in [5.74, 6) is 0.940. The molecule has 0 bridgehead atoms. The highest BCUT2D eigenvalue weighted by Crippen LogP contribution is 2.26. The second-order valence-electron chi connectivity index (χ2n) is 5.15. The SMILES string of the molecule is Cc1ccc(C)c(-c2nnc(C(N)c3ccccc3)o2)c1. The molecule has 0 aliphatic rings. The summed E-state index contributed by atoms with van der Waals surface area (Å²) in [5, 5.41) is 8.24. The van der Waals surface area contributed by atoms with Gasteiger partial charge in [-0.3, -0.25) is 0 Å². The third-order valence-corrected chi connectivity index (χ3v) is 3.49. The second-order valence-corrected chi connectivity index (χ2v) is 5.15. The van der Waals surface area contributed by atoms with Gasteiger partial charge in [-0.25, -0.2) is 0 Å². The first-order chi connectivity index (χ1) is 10.1. The molecule has 0 spiro atoms. The lowest BCUT2D eigenvalue weighted by Crippen LogP contribution is -2.11. The number of aromatic nitrogens is 2. The molecule has 3 rings (SSSR count). The molecule has 2 N–H and O–H groups in total. The molecule has 0 fully saturated rings. The number of aryl methyl sites for hydroxylation is 2. The first-order valence-corrected chi connectivity index (χ1v) is 6.86. The highest BCUT2D eigenvalue weighted by molar-refractivity contribution is 5.59. The van der Waals surface area contributed by atoms with Crippen LogP contribution in [0.2, 0.25) is 0 Å². The highest BCUT2D eigenvalue weighted by Gasteiger charge is 2.17. The van der Waals surface area contributed by atoms with Crippen LogP contribution in [0.1, 0.15) is 28.6 Å². The van der Waals surface area contributed by atoms with E-state index < -0.39 is 6.04 Å². The number of benzene rings is 2. The van der Waals surface area contributed by atoms with E-state index in [0.29, 0.717) is 11.8 Å². The highest BCUT2D eigenvalue weighted by atomic mass is 16.4. The number of hydrogen-bond acceptors (Lipinski definition) is 4. The first kappa shape index (κ1) is 13.5. The Balaban J connectivity index is 1.95. The first-order valence-electron chi connectivity index (χ1n) is 6.86. The van der Waals surface area contributed by atoms with Crippen LogP contribution in [-0.4, -0.2) is 10.2 Å². The molecule has 0 radical (unpaired) electrons. The Hall–Kier alpha value is -2.46. The zero-order valence-electron chi connectivity index (χ0n) is 12.1. The van der Waals surface area contributed by atoms with Crippen LogP contribution in [0.25, 0.3) is 11.5 Å². The standard InChI is InChI=1S/C17H17N3O/c1-11-8-9-12(2)14(10-11)16-19-20-17(21-16)15(18)13-6-4-3-5-7-13/h3-10,15H,18H2,1-2H3. The average molecular weight is 279 g/mol. The van der Waals surface area contributed by atoms with E-state index in [2.05, 4.69) is 16.3 Å². The lowest BCUT2D eigenvalue weighted by atomic mass is 10.1. The number of nitrogens with two attached hydrogens (primary N) is 1. The molecule has 106 valence electrons. The Bertz CT molecular complexity index is 750. The third-order valence-electron chi connectivity index (χ3n) is 3.49. The van der Waals surface area contributed by atoms with E-state index in [1.165, 1.54) is 0 Å². The fourth-order valence-electron chi connectivity index (χ4n) is 2.24. The van der Waals surface area contributed by atoms with E-state index in [9.17, 15) is 0 Å². The Morgan fingerprint density at radius 1 is 1.00 bits per heavy atom. The van der Waals surface area contributed by atoms with Crippen molar-refractivity contribution >= 4 is 0 Å². The smallest absolute Gasteiger partial charge is 0.248 e. The van der Waals surface area contributed by atoms with Crippen LogP contribution in [0.3, 0.4) is 0 Å². The zero-order chi connectivity index (χ0) is 14.8. The molecule has 1 atom stereocenters. The fraction of sp³-hybridized carbons (Fsp3) is 0.176. The average Bonchev–Trinajstić information content (AvgIpc) is 2.99. The van der Waals surface area contributed by atoms with Gasteiger partial charge in [0.15, 0.2) is 0 Å². The topological polar surface area (TPSA) is 64.9 Å². The van der Waals surface area contributed by atoms with Crippen molar-refractivity contribution in [2.24, 2.45) is 5.73 Å². The Morgan fingerprint density at radius 3 is 2.52 bits per heavy atom. The number of hydrogen-bond donors (Lipinski definition) is 1. The second kappa shape index (κ2) is 5.50. The quantitative estimate of drug-likeness (QED) is 0.798. The van der Waals surface area contributed by atoms with Gasteiger partial charge in [0, 0.05) is 5.56 Å². The molecule has 1 aromatic heterocycles. The molecule has 21 heavy (non-hydrogen) atoms. The van der Waals surface area contributed by atoms with Crippen molar-refractivity contribution in [2.45, 2.75) is 19.9 Å². The van der Waals surface area contributed by atoms with Crippen molar-refractivity contribution < 1.29 is 4.42 Å². The van der Waals surface area contributed by atoms with Crippen molar-refractivity contribution in [3.63, 3.8) is 0 Å². The molecule has 1 unspecified atom stereocenters. The minimum absolute atomic E-state index is 0.405. The van der Waals surface area contributed by atoms with Crippen LogP contribution in [0.15, 0.2) is 52.9 Å². The summed E-state index contributed by atoms with van der Waals surface area (Å²) in [6, 6.07) is 15.5. The van der Waals surface area contributed by atoms with Crippen molar-refractivity contribution in [1.29, 1.82) is 0 Å². The molecular weight excluding hydrogens is 262 g/mol. The largest absolute Gasteiger partial charge is 0.419 e. The molecule has 3 aromatic rings. The van der Waals surface area contributed by atoms with E-state index >= 15 is 0 Å². The maximum Gasteiger partial charge on any atom is 0.248 e.